The quantitative estimate of drug-likeness (QED) is 0.543. The predicted octanol–water partition coefficient (Wildman–Crippen LogP) is 4.12. The van der Waals surface area contributed by atoms with Gasteiger partial charge in [0.25, 0.3) is 5.91 Å². The highest BCUT2D eigenvalue weighted by Gasteiger charge is 2.10. The molecule has 0 bridgehead atoms. The topological polar surface area (TPSA) is 69.0 Å². The van der Waals surface area contributed by atoms with Crippen molar-refractivity contribution in [1.29, 1.82) is 0 Å². The molecule has 0 aliphatic carbocycles. The third kappa shape index (κ3) is 4.32. The molecule has 29 heavy (non-hydrogen) atoms. The number of pyridine rings is 1. The second-order valence-corrected chi connectivity index (χ2v) is 6.52. The lowest BCUT2D eigenvalue weighted by molar-refractivity contribution is 0.102. The number of nitrogens with one attached hydrogen (secondary N) is 1. The van der Waals surface area contributed by atoms with Gasteiger partial charge in [0.1, 0.15) is 17.9 Å². The molecule has 2 aromatic heterocycles. The normalized spacial score (nSPS) is 10.5. The van der Waals surface area contributed by atoms with E-state index in [1.807, 2.05) is 36.4 Å². The largest absolute Gasteiger partial charge is 0.496 e. The first kappa shape index (κ1) is 18.4. The highest BCUT2D eigenvalue weighted by molar-refractivity contribution is 6.04. The average Bonchev–Trinajstić information content (AvgIpc) is 3.30. The van der Waals surface area contributed by atoms with E-state index in [1.54, 1.807) is 48.7 Å². The lowest BCUT2D eigenvalue weighted by atomic mass is 10.0. The number of ether oxygens (including phenoxy) is 1. The monoisotopic (exact) mass is 384 g/mol. The Labute approximate surface area is 168 Å². The summed E-state index contributed by atoms with van der Waals surface area (Å²) < 4.78 is 7.26. The Kier molecular flexibility index (Phi) is 5.33. The molecule has 0 aliphatic rings. The Morgan fingerprint density at radius 2 is 1.97 bits per heavy atom. The second kappa shape index (κ2) is 8.39. The Bertz CT molecular complexity index is 1090. The molecule has 2 aromatic carbocycles. The van der Waals surface area contributed by atoms with E-state index in [0.29, 0.717) is 17.1 Å². The fourth-order valence-corrected chi connectivity index (χ4v) is 3.08. The number of aromatic nitrogens is 3. The molecule has 0 aliphatic heterocycles. The van der Waals surface area contributed by atoms with Gasteiger partial charge in [-0.1, -0.05) is 30.3 Å². The first-order valence-electron chi connectivity index (χ1n) is 9.19. The van der Waals surface area contributed by atoms with Crippen LogP contribution in [0.15, 0.2) is 85.6 Å². The van der Waals surface area contributed by atoms with Gasteiger partial charge in [0, 0.05) is 36.3 Å². The van der Waals surface area contributed by atoms with Crippen LogP contribution < -0.4 is 10.1 Å². The lowest BCUT2D eigenvalue weighted by Gasteiger charge is -2.12. The van der Waals surface area contributed by atoms with E-state index >= 15 is 0 Å². The Balaban J connectivity index is 1.51. The molecule has 1 amide bonds. The van der Waals surface area contributed by atoms with Gasteiger partial charge in [-0.15, -0.1) is 0 Å². The maximum absolute atomic E-state index is 12.6. The van der Waals surface area contributed by atoms with Gasteiger partial charge in [0.05, 0.1) is 12.7 Å². The van der Waals surface area contributed by atoms with Gasteiger partial charge in [-0.05, 0) is 35.9 Å². The molecular weight excluding hydrogens is 364 g/mol. The SMILES string of the molecule is COc1ccc(NC(=O)c2ccc(-n3ccnc3)nc2)cc1Cc1ccccc1. The fourth-order valence-electron chi connectivity index (χ4n) is 3.08. The number of anilines is 1. The van der Waals surface area contributed by atoms with Crippen molar-refractivity contribution in [3.8, 4) is 11.6 Å². The maximum Gasteiger partial charge on any atom is 0.257 e. The fraction of sp³-hybridized carbons (Fsp3) is 0.0870. The molecule has 0 fully saturated rings. The highest BCUT2D eigenvalue weighted by atomic mass is 16.5. The highest BCUT2D eigenvalue weighted by Crippen LogP contribution is 2.25. The molecule has 2 heterocycles. The number of benzene rings is 2. The summed E-state index contributed by atoms with van der Waals surface area (Å²) in [5, 5.41) is 2.94. The minimum absolute atomic E-state index is 0.217. The van der Waals surface area contributed by atoms with Gasteiger partial charge in [-0.3, -0.25) is 9.36 Å². The zero-order valence-electron chi connectivity index (χ0n) is 15.9. The summed E-state index contributed by atoms with van der Waals surface area (Å²) in [5.41, 5.74) is 3.37. The van der Waals surface area contributed by atoms with Crippen molar-refractivity contribution in [3.63, 3.8) is 0 Å². The number of methoxy groups -OCH3 is 1. The average molecular weight is 384 g/mol. The van der Waals surface area contributed by atoms with E-state index in [-0.39, 0.29) is 5.91 Å². The summed E-state index contributed by atoms with van der Waals surface area (Å²) in [6.07, 6.45) is 7.41. The van der Waals surface area contributed by atoms with Crippen molar-refractivity contribution in [2.24, 2.45) is 0 Å². The van der Waals surface area contributed by atoms with Gasteiger partial charge in [0.15, 0.2) is 0 Å². The molecular formula is C23H20N4O2. The number of hydrogen-bond acceptors (Lipinski definition) is 4. The molecule has 6 heteroatoms. The molecule has 6 nitrogen and oxygen atoms in total. The van der Waals surface area contributed by atoms with Crippen LogP contribution >= 0.6 is 0 Å². The number of imidazole rings is 1. The molecule has 144 valence electrons. The van der Waals surface area contributed by atoms with E-state index < -0.39 is 0 Å². The Morgan fingerprint density at radius 3 is 2.66 bits per heavy atom. The van der Waals surface area contributed by atoms with Crippen LogP contribution in [0.25, 0.3) is 5.82 Å². The summed E-state index contributed by atoms with van der Waals surface area (Å²) in [6, 6.07) is 19.3. The molecule has 0 saturated carbocycles. The van der Waals surface area contributed by atoms with Crippen LogP contribution in [0.3, 0.4) is 0 Å². The van der Waals surface area contributed by atoms with Crippen molar-refractivity contribution in [3.05, 3.63) is 102 Å². The summed E-state index contributed by atoms with van der Waals surface area (Å²) in [5.74, 6) is 1.28. The molecule has 4 rings (SSSR count). The van der Waals surface area contributed by atoms with Crippen molar-refractivity contribution in [2.75, 3.05) is 12.4 Å². The lowest BCUT2D eigenvalue weighted by Crippen LogP contribution is -2.13. The van der Waals surface area contributed by atoms with Gasteiger partial charge >= 0.3 is 0 Å². The van der Waals surface area contributed by atoms with Crippen LogP contribution in [0.5, 0.6) is 5.75 Å². The Hall–Kier alpha value is -3.93. The summed E-state index contributed by atoms with van der Waals surface area (Å²) in [7, 11) is 1.65. The van der Waals surface area contributed by atoms with Gasteiger partial charge in [0.2, 0.25) is 0 Å². The van der Waals surface area contributed by atoms with Gasteiger partial charge < -0.3 is 10.1 Å². The molecule has 4 aromatic rings. The van der Waals surface area contributed by atoms with Gasteiger partial charge in [-0.2, -0.15) is 0 Å². The first-order chi connectivity index (χ1) is 14.2. The van der Waals surface area contributed by atoms with Crippen molar-refractivity contribution < 1.29 is 9.53 Å². The zero-order valence-corrected chi connectivity index (χ0v) is 15.9. The van der Waals surface area contributed by atoms with E-state index in [0.717, 1.165) is 17.7 Å². The number of hydrogen-bond donors (Lipinski definition) is 1. The van der Waals surface area contributed by atoms with Crippen LogP contribution in [0.4, 0.5) is 5.69 Å². The molecule has 1 N–H and O–H groups in total. The van der Waals surface area contributed by atoms with E-state index in [4.69, 9.17) is 4.74 Å². The molecule has 0 spiro atoms. The third-order valence-corrected chi connectivity index (χ3v) is 4.55. The van der Waals surface area contributed by atoms with Crippen LogP contribution in [-0.2, 0) is 6.42 Å². The standard InChI is InChI=1S/C23H20N4O2/c1-29-21-9-8-20(14-19(21)13-17-5-3-2-4-6-17)26-23(28)18-7-10-22(25-15-18)27-12-11-24-16-27/h2-12,14-16H,13H2,1H3,(H,26,28). The van der Waals surface area contributed by atoms with E-state index in [1.165, 1.54) is 5.56 Å². The number of amides is 1. The predicted molar refractivity (Wildman–Crippen MR) is 112 cm³/mol. The third-order valence-electron chi connectivity index (χ3n) is 4.55. The minimum Gasteiger partial charge on any atom is -0.496 e. The Morgan fingerprint density at radius 1 is 1.10 bits per heavy atom. The zero-order chi connectivity index (χ0) is 20.1. The molecule has 0 atom stereocenters. The van der Waals surface area contributed by atoms with Crippen molar-refractivity contribution >= 4 is 11.6 Å². The number of carbonyl (C=O) groups is 1. The summed E-state index contributed by atoms with van der Waals surface area (Å²) in [6.45, 7) is 0. The summed E-state index contributed by atoms with van der Waals surface area (Å²) >= 11 is 0. The van der Waals surface area contributed by atoms with E-state index in [2.05, 4.69) is 27.4 Å². The maximum atomic E-state index is 12.6. The van der Waals surface area contributed by atoms with Crippen LogP contribution in [0.1, 0.15) is 21.5 Å². The number of rotatable bonds is 6. The molecule has 0 radical (unpaired) electrons. The molecule has 0 saturated heterocycles. The second-order valence-electron chi connectivity index (χ2n) is 6.52. The first-order valence-corrected chi connectivity index (χ1v) is 9.19. The minimum atomic E-state index is -0.217. The van der Waals surface area contributed by atoms with Crippen molar-refractivity contribution in [2.45, 2.75) is 6.42 Å². The van der Waals surface area contributed by atoms with Crippen LogP contribution in [0.2, 0.25) is 0 Å². The number of nitrogens with zero attached hydrogens (tertiary/aromatic N) is 3. The van der Waals surface area contributed by atoms with Crippen LogP contribution in [-0.4, -0.2) is 27.6 Å². The molecule has 0 unspecified atom stereocenters. The smallest absolute Gasteiger partial charge is 0.257 e. The van der Waals surface area contributed by atoms with Crippen molar-refractivity contribution in [1.82, 2.24) is 14.5 Å². The van der Waals surface area contributed by atoms with Crippen LogP contribution in [0, 0.1) is 0 Å². The van der Waals surface area contributed by atoms with Gasteiger partial charge in [-0.25, -0.2) is 9.97 Å². The van der Waals surface area contributed by atoms with E-state index in [9.17, 15) is 4.79 Å². The number of carbonyl (C=O) groups excluding carboxylic acids is 1. The summed E-state index contributed by atoms with van der Waals surface area (Å²) in [4.78, 5) is 21.0.